The van der Waals surface area contributed by atoms with Crippen molar-refractivity contribution in [2.45, 2.75) is 20.4 Å². The van der Waals surface area contributed by atoms with Gasteiger partial charge >= 0.3 is 0 Å². The van der Waals surface area contributed by atoms with E-state index in [2.05, 4.69) is 4.98 Å². The summed E-state index contributed by atoms with van der Waals surface area (Å²) < 4.78 is 13.6. The van der Waals surface area contributed by atoms with Crippen LogP contribution in [0.1, 0.15) is 16.5 Å². The Morgan fingerprint density at radius 1 is 1.31 bits per heavy atom. The third kappa shape index (κ3) is 3.20. The zero-order valence-electron chi connectivity index (χ0n) is 14.7. The molecule has 0 spiro atoms. The van der Waals surface area contributed by atoms with Crippen molar-refractivity contribution in [2.75, 3.05) is 13.7 Å². The van der Waals surface area contributed by atoms with Crippen LogP contribution >= 0.6 is 22.7 Å². The molecular weight excluding hydrogens is 368 g/mol. The minimum Gasteiger partial charge on any atom is -0.483 e. The summed E-state index contributed by atoms with van der Waals surface area (Å²) in [6, 6.07) is 7.78. The zero-order valence-corrected chi connectivity index (χ0v) is 16.4. The number of thiophene rings is 1. The Labute approximate surface area is 158 Å². The van der Waals surface area contributed by atoms with Crippen molar-refractivity contribution < 1.29 is 13.9 Å². The Bertz CT molecular complexity index is 1090. The molecule has 0 N–H and O–H groups in total. The van der Waals surface area contributed by atoms with Gasteiger partial charge in [0.15, 0.2) is 6.61 Å². The summed E-state index contributed by atoms with van der Waals surface area (Å²) >= 11 is 3.28. The lowest BCUT2D eigenvalue weighted by molar-refractivity contribution is -0.132. The van der Waals surface area contributed by atoms with Gasteiger partial charge in [0.25, 0.3) is 5.91 Å². The number of thiazole rings is 1. The van der Waals surface area contributed by atoms with E-state index in [1.54, 1.807) is 34.6 Å². The van der Waals surface area contributed by atoms with Crippen molar-refractivity contribution in [3.8, 4) is 5.75 Å². The first-order chi connectivity index (χ1) is 12.5. The molecule has 0 saturated heterocycles. The van der Waals surface area contributed by atoms with Crippen molar-refractivity contribution in [2.24, 2.45) is 0 Å². The quantitative estimate of drug-likeness (QED) is 0.496. The highest BCUT2D eigenvalue weighted by Crippen LogP contribution is 2.38. The number of likely N-dealkylation sites (N-methyl/N-ethyl adjacent to an activating group) is 1. The molecule has 26 heavy (non-hydrogen) atoms. The molecule has 1 aromatic carbocycles. The number of rotatable bonds is 5. The topological polar surface area (TPSA) is 55.6 Å². The Morgan fingerprint density at radius 3 is 2.92 bits per heavy atom. The number of aryl methyl sites for hydroxylation is 2. The molecule has 0 saturated carbocycles. The summed E-state index contributed by atoms with van der Waals surface area (Å²) in [6.45, 7) is 4.30. The third-order valence-electron chi connectivity index (χ3n) is 4.13. The van der Waals surface area contributed by atoms with Crippen LogP contribution in [0.5, 0.6) is 5.75 Å². The minimum absolute atomic E-state index is 0.00949. The van der Waals surface area contributed by atoms with E-state index in [9.17, 15) is 4.79 Å². The van der Waals surface area contributed by atoms with Crippen LogP contribution in [-0.4, -0.2) is 29.4 Å². The number of benzene rings is 1. The molecule has 0 aliphatic carbocycles. The summed E-state index contributed by atoms with van der Waals surface area (Å²) in [4.78, 5) is 18.6. The van der Waals surface area contributed by atoms with Gasteiger partial charge in [0.2, 0.25) is 0 Å². The second kappa shape index (κ2) is 6.74. The fourth-order valence-electron chi connectivity index (χ4n) is 2.85. The molecule has 0 bridgehead atoms. The smallest absolute Gasteiger partial charge is 0.260 e. The van der Waals surface area contributed by atoms with Crippen molar-refractivity contribution in [3.05, 3.63) is 46.2 Å². The number of amides is 1. The van der Waals surface area contributed by atoms with E-state index in [1.807, 2.05) is 43.5 Å². The van der Waals surface area contributed by atoms with Crippen LogP contribution in [0.4, 0.5) is 0 Å². The summed E-state index contributed by atoms with van der Waals surface area (Å²) in [5.41, 5.74) is 1.02. The van der Waals surface area contributed by atoms with Crippen molar-refractivity contribution in [1.82, 2.24) is 9.88 Å². The number of nitrogens with zero attached hydrogens (tertiary/aromatic N) is 2. The van der Waals surface area contributed by atoms with Crippen LogP contribution < -0.4 is 4.74 Å². The van der Waals surface area contributed by atoms with E-state index in [0.29, 0.717) is 6.54 Å². The molecule has 134 valence electrons. The van der Waals surface area contributed by atoms with Gasteiger partial charge < -0.3 is 14.1 Å². The molecule has 0 aliphatic rings. The third-order valence-corrected chi connectivity index (χ3v) is 5.97. The molecule has 0 fully saturated rings. The van der Waals surface area contributed by atoms with Gasteiger partial charge in [0, 0.05) is 18.5 Å². The van der Waals surface area contributed by atoms with E-state index in [1.165, 1.54) is 0 Å². The van der Waals surface area contributed by atoms with Crippen LogP contribution in [-0.2, 0) is 11.3 Å². The number of carbonyl (C=O) groups is 1. The molecule has 4 rings (SSSR count). The summed E-state index contributed by atoms with van der Waals surface area (Å²) in [5, 5.41) is 4.06. The summed E-state index contributed by atoms with van der Waals surface area (Å²) in [7, 11) is 1.75. The number of carbonyl (C=O) groups excluding carboxylic acids is 1. The van der Waals surface area contributed by atoms with E-state index >= 15 is 0 Å². The first-order valence-electron chi connectivity index (χ1n) is 8.20. The predicted octanol–water partition coefficient (Wildman–Crippen LogP) is 4.76. The number of aromatic nitrogens is 1. The summed E-state index contributed by atoms with van der Waals surface area (Å²) in [6.07, 6.45) is 0. The van der Waals surface area contributed by atoms with Gasteiger partial charge in [-0.2, -0.15) is 0 Å². The SMILES string of the molecule is Cc1ccc(CN(C)C(=O)COc2cc3sc(C)nc3c3sccc23)o1. The molecule has 7 heteroatoms. The van der Waals surface area contributed by atoms with Gasteiger partial charge in [-0.1, -0.05) is 0 Å². The van der Waals surface area contributed by atoms with Crippen molar-refractivity contribution in [1.29, 1.82) is 0 Å². The lowest BCUT2D eigenvalue weighted by Gasteiger charge is -2.16. The molecule has 0 radical (unpaired) electrons. The first-order valence-corrected chi connectivity index (χ1v) is 9.90. The lowest BCUT2D eigenvalue weighted by atomic mass is 10.2. The highest BCUT2D eigenvalue weighted by atomic mass is 32.1. The monoisotopic (exact) mass is 386 g/mol. The molecule has 5 nitrogen and oxygen atoms in total. The van der Waals surface area contributed by atoms with Crippen LogP contribution in [0.3, 0.4) is 0 Å². The average Bonchev–Trinajstić information content (AvgIpc) is 3.31. The van der Waals surface area contributed by atoms with Gasteiger partial charge in [0.05, 0.1) is 26.5 Å². The Hall–Kier alpha value is -2.38. The van der Waals surface area contributed by atoms with Crippen molar-refractivity contribution >= 4 is 48.9 Å². The molecule has 0 aliphatic heterocycles. The largest absolute Gasteiger partial charge is 0.483 e. The molecule has 0 atom stereocenters. The van der Waals surface area contributed by atoms with E-state index < -0.39 is 0 Å². The average molecular weight is 386 g/mol. The number of hydrogen-bond donors (Lipinski definition) is 0. The van der Waals surface area contributed by atoms with Crippen molar-refractivity contribution in [3.63, 3.8) is 0 Å². The highest BCUT2D eigenvalue weighted by molar-refractivity contribution is 7.21. The van der Waals surface area contributed by atoms with Gasteiger partial charge in [-0.3, -0.25) is 4.79 Å². The fourth-order valence-corrected chi connectivity index (χ4v) is 4.68. The molecule has 3 heterocycles. The second-order valence-corrected chi connectivity index (χ2v) is 8.32. The minimum atomic E-state index is -0.0944. The van der Waals surface area contributed by atoms with Gasteiger partial charge in [0.1, 0.15) is 17.3 Å². The van der Waals surface area contributed by atoms with E-state index in [4.69, 9.17) is 9.15 Å². The van der Waals surface area contributed by atoms with Gasteiger partial charge in [-0.25, -0.2) is 4.98 Å². The van der Waals surface area contributed by atoms with Crippen LogP contribution in [0.25, 0.3) is 20.3 Å². The Balaban J connectivity index is 1.51. The Morgan fingerprint density at radius 2 is 2.15 bits per heavy atom. The molecule has 3 aromatic heterocycles. The molecule has 4 aromatic rings. The van der Waals surface area contributed by atoms with Crippen LogP contribution in [0, 0.1) is 13.8 Å². The van der Waals surface area contributed by atoms with E-state index in [0.717, 1.165) is 42.6 Å². The molecule has 1 amide bonds. The maximum Gasteiger partial charge on any atom is 0.260 e. The zero-order chi connectivity index (χ0) is 18.3. The number of furan rings is 1. The second-order valence-electron chi connectivity index (χ2n) is 6.17. The number of ether oxygens (including phenoxy) is 1. The normalized spacial score (nSPS) is 11.3. The standard InChI is InChI=1S/C19H18N2O3S2/c1-11-4-5-13(24-11)9-21(3)17(22)10-23-15-8-16-18(20-12(2)26-16)19-14(15)6-7-25-19/h4-8H,9-10H2,1-3H3. The van der Waals surface area contributed by atoms with Gasteiger partial charge in [-0.05, 0) is 37.4 Å². The fraction of sp³-hybridized carbons (Fsp3) is 0.263. The van der Waals surface area contributed by atoms with Gasteiger partial charge in [-0.15, -0.1) is 22.7 Å². The highest BCUT2D eigenvalue weighted by Gasteiger charge is 2.16. The van der Waals surface area contributed by atoms with Crippen LogP contribution in [0.2, 0.25) is 0 Å². The first kappa shape index (κ1) is 17.1. The lowest BCUT2D eigenvalue weighted by Crippen LogP contribution is -2.30. The maximum atomic E-state index is 12.4. The number of fused-ring (bicyclic) bond motifs is 3. The Kier molecular flexibility index (Phi) is 4.42. The summed E-state index contributed by atoms with van der Waals surface area (Å²) in [5.74, 6) is 2.24. The predicted molar refractivity (Wildman–Crippen MR) is 105 cm³/mol. The molecule has 0 unspecified atom stereocenters. The molecular formula is C19H18N2O3S2. The van der Waals surface area contributed by atoms with Crippen LogP contribution in [0.15, 0.2) is 34.1 Å². The van der Waals surface area contributed by atoms with E-state index in [-0.39, 0.29) is 12.5 Å². The maximum absolute atomic E-state index is 12.4. The number of hydrogen-bond acceptors (Lipinski definition) is 6.